The van der Waals surface area contributed by atoms with Gasteiger partial charge in [0, 0.05) is 13.0 Å². The second-order valence-corrected chi connectivity index (χ2v) is 4.04. The number of nitrogens with one attached hydrogen (secondary N) is 1. The smallest absolute Gasteiger partial charge is 0.308 e. The summed E-state index contributed by atoms with van der Waals surface area (Å²) in [6.07, 6.45) is 0.883. The molecule has 0 amide bonds. The molecule has 1 heterocycles. The molecule has 0 saturated carbocycles. The third-order valence-electron chi connectivity index (χ3n) is 2.79. The van der Waals surface area contributed by atoms with E-state index in [1.165, 1.54) is 6.92 Å². The second-order valence-electron chi connectivity index (χ2n) is 4.04. The zero-order chi connectivity index (χ0) is 11.7. The third-order valence-corrected chi connectivity index (χ3v) is 2.79. The molecule has 4 heteroatoms. The highest BCUT2D eigenvalue weighted by molar-refractivity contribution is 5.70. The molecule has 0 aromatic heterocycles. The number of hydrogen-bond donors (Lipinski definition) is 2. The van der Waals surface area contributed by atoms with Gasteiger partial charge in [0.2, 0.25) is 0 Å². The zero-order valence-corrected chi connectivity index (χ0v) is 9.41. The van der Waals surface area contributed by atoms with Crippen molar-refractivity contribution >= 4 is 5.97 Å². The summed E-state index contributed by atoms with van der Waals surface area (Å²) in [7, 11) is 0. The third kappa shape index (κ3) is 2.02. The summed E-state index contributed by atoms with van der Waals surface area (Å²) in [6, 6.07) is 3.65. The van der Waals surface area contributed by atoms with Crippen LogP contribution in [0.25, 0.3) is 0 Å². The van der Waals surface area contributed by atoms with Crippen LogP contribution in [0.5, 0.6) is 11.5 Å². The number of benzene rings is 1. The number of hydrogen-bond acceptors (Lipinski definition) is 4. The predicted octanol–water partition coefficient (Wildman–Crippen LogP) is 1.52. The Bertz CT molecular complexity index is 429. The maximum atomic E-state index is 10.9. The number of phenols is 1. The molecule has 0 radical (unpaired) electrons. The number of carbonyl (C=O) groups excluding carboxylic acids is 1. The Morgan fingerprint density at radius 3 is 3.00 bits per heavy atom. The Hall–Kier alpha value is -1.55. The number of aromatic hydroxyl groups is 1. The van der Waals surface area contributed by atoms with Crippen LogP contribution in [0.2, 0.25) is 0 Å². The molecule has 0 saturated heterocycles. The van der Waals surface area contributed by atoms with Crippen molar-refractivity contribution in [3.05, 3.63) is 23.3 Å². The monoisotopic (exact) mass is 221 g/mol. The number of esters is 1. The van der Waals surface area contributed by atoms with E-state index >= 15 is 0 Å². The molecule has 0 bridgehead atoms. The van der Waals surface area contributed by atoms with E-state index in [1.807, 2.05) is 6.92 Å². The fourth-order valence-corrected chi connectivity index (χ4v) is 2.02. The van der Waals surface area contributed by atoms with Gasteiger partial charge in [0.25, 0.3) is 0 Å². The first-order chi connectivity index (χ1) is 7.58. The summed E-state index contributed by atoms with van der Waals surface area (Å²) in [5, 5.41) is 13.0. The summed E-state index contributed by atoms with van der Waals surface area (Å²) in [5.74, 6) is -0.151. The van der Waals surface area contributed by atoms with Crippen molar-refractivity contribution in [1.82, 2.24) is 5.32 Å². The van der Waals surface area contributed by atoms with Gasteiger partial charge in [-0.2, -0.15) is 0 Å². The summed E-state index contributed by atoms with van der Waals surface area (Å²) < 4.78 is 4.94. The van der Waals surface area contributed by atoms with Gasteiger partial charge in [0.1, 0.15) is 0 Å². The van der Waals surface area contributed by atoms with Gasteiger partial charge in [-0.15, -0.1) is 0 Å². The molecule has 2 rings (SSSR count). The topological polar surface area (TPSA) is 58.6 Å². The molecule has 1 aromatic carbocycles. The number of fused-ring (bicyclic) bond motifs is 1. The van der Waals surface area contributed by atoms with Crippen molar-refractivity contribution in [1.29, 1.82) is 0 Å². The molecule has 0 spiro atoms. The average Bonchev–Trinajstić information content (AvgIpc) is 2.20. The molecule has 16 heavy (non-hydrogen) atoms. The van der Waals surface area contributed by atoms with Crippen LogP contribution < -0.4 is 10.1 Å². The van der Waals surface area contributed by atoms with Gasteiger partial charge in [-0.05, 0) is 43.1 Å². The molecular weight excluding hydrogens is 206 g/mol. The average molecular weight is 221 g/mol. The maximum absolute atomic E-state index is 10.9. The molecule has 0 aliphatic carbocycles. The SMILES string of the molecule is CC(=O)Oc1cc2c(cc1O)[C@@H](C)NCC2. The summed E-state index contributed by atoms with van der Waals surface area (Å²) in [5.41, 5.74) is 2.19. The maximum Gasteiger partial charge on any atom is 0.308 e. The first kappa shape index (κ1) is 11.0. The first-order valence-corrected chi connectivity index (χ1v) is 5.35. The van der Waals surface area contributed by atoms with E-state index in [9.17, 15) is 9.90 Å². The molecule has 1 aliphatic rings. The lowest BCUT2D eigenvalue weighted by atomic mass is 9.95. The van der Waals surface area contributed by atoms with Crippen LogP contribution in [0.3, 0.4) is 0 Å². The van der Waals surface area contributed by atoms with Gasteiger partial charge in [0.15, 0.2) is 11.5 Å². The minimum absolute atomic E-state index is 0.0181. The Morgan fingerprint density at radius 1 is 1.56 bits per heavy atom. The molecule has 1 aromatic rings. The van der Waals surface area contributed by atoms with Crippen molar-refractivity contribution in [2.45, 2.75) is 26.3 Å². The number of rotatable bonds is 1. The van der Waals surface area contributed by atoms with Gasteiger partial charge in [-0.3, -0.25) is 4.79 Å². The first-order valence-electron chi connectivity index (χ1n) is 5.35. The van der Waals surface area contributed by atoms with Gasteiger partial charge >= 0.3 is 5.97 Å². The highest BCUT2D eigenvalue weighted by atomic mass is 16.5. The highest BCUT2D eigenvalue weighted by Crippen LogP contribution is 2.34. The Kier molecular flexibility index (Phi) is 2.83. The number of carbonyl (C=O) groups is 1. The molecular formula is C12H15NO3. The van der Waals surface area contributed by atoms with Crippen LogP contribution in [0.4, 0.5) is 0 Å². The van der Waals surface area contributed by atoms with Gasteiger partial charge in [0.05, 0.1) is 0 Å². The summed E-state index contributed by atoms with van der Waals surface area (Å²) >= 11 is 0. The molecule has 2 N–H and O–H groups in total. The lowest BCUT2D eigenvalue weighted by Gasteiger charge is -2.24. The molecule has 0 fully saturated rings. The van der Waals surface area contributed by atoms with E-state index in [1.54, 1.807) is 12.1 Å². The molecule has 86 valence electrons. The van der Waals surface area contributed by atoms with Crippen molar-refractivity contribution in [3.63, 3.8) is 0 Å². The van der Waals surface area contributed by atoms with Crippen LogP contribution in [-0.4, -0.2) is 17.6 Å². The van der Waals surface area contributed by atoms with Crippen molar-refractivity contribution in [2.75, 3.05) is 6.54 Å². The van der Waals surface area contributed by atoms with E-state index in [-0.39, 0.29) is 17.5 Å². The molecule has 4 nitrogen and oxygen atoms in total. The van der Waals surface area contributed by atoms with Gasteiger partial charge in [-0.1, -0.05) is 0 Å². The minimum Gasteiger partial charge on any atom is -0.504 e. The quantitative estimate of drug-likeness (QED) is 0.557. The van der Waals surface area contributed by atoms with Gasteiger partial charge < -0.3 is 15.2 Å². The minimum atomic E-state index is -0.419. The Balaban J connectivity index is 2.40. The van der Waals surface area contributed by atoms with Crippen LogP contribution in [0.15, 0.2) is 12.1 Å². The number of ether oxygens (including phenoxy) is 1. The summed E-state index contributed by atoms with van der Waals surface area (Å²) in [6.45, 7) is 4.27. The predicted molar refractivity (Wildman–Crippen MR) is 59.5 cm³/mol. The number of phenolic OH excluding ortho intramolecular Hbond substituents is 1. The second kappa shape index (κ2) is 4.14. The standard InChI is InChI=1S/C12H15NO3/c1-7-10-6-11(15)12(16-8(2)14)5-9(10)3-4-13-7/h5-7,13,15H,3-4H2,1-2H3/t7-/m1/s1. The summed E-state index contributed by atoms with van der Waals surface area (Å²) in [4.78, 5) is 10.9. The van der Waals surface area contributed by atoms with Crippen molar-refractivity contribution in [2.24, 2.45) is 0 Å². The van der Waals surface area contributed by atoms with E-state index in [2.05, 4.69) is 5.32 Å². The largest absolute Gasteiger partial charge is 0.504 e. The van der Waals surface area contributed by atoms with Crippen molar-refractivity contribution in [3.8, 4) is 11.5 Å². The molecule has 0 unspecified atom stereocenters. The highest BCUT2D eigenvalue weighted by Gasteiger charge is 2.19. The Labute approximate surface area is 94.2 Å². The van der Waals surface area contributed by atoms with Crippen molar-refractivity contribution < 1.29 is 14.6 Å². The van der Waals surface area contributed by atoms with Gasteiger partial charge in [-0.25, -0.2) is 0 Å². The fourth-order valence-electron chi connectivity index (χ4n) is 2.02. The Morgan fingerprint density at radius 2 is 2.31 bits per heavy atom. The van der Waals surface area contributed by atoms with Crippen LogP contribution in [-0.2, 0) is 11.2 Å². The van der Waals surface area contributed by atoms with Crippen LogP contribution in [0, 0.1) is 0 Å². The normalized spacial score (nSPS) is 19.0. The van der Waals surface area contributed by atoms with Crippen LogP contribution >= 0.6 is 0 Å². The van der Waals surface area contributed by atoms with Crippen LogP contribution in [0.1, 0.15) is 31.0 Å². The zero-order valence-electron chi connectivity index (χ0n) is 9.41. The fraction of sp³-hybridized carbons (Fsp3) is 0.417. The van der Waals surface area contributed by atoms with E-state index in [4.69, 9.17) is 4.74 Å². The van der Waals surface area contributed by atoms with E-state index in [0.717, 1.165) is 24.1 Å². The molecule has 1 atom stereocenters. The van der Waals surface area contributed by atoms with E-state index < -0.39 is 5.97 Å². The lowest BCUT2D eigenvalue weighted by molar-refractivity contribution is -0.132. The molecule has 1 aliphatic heterocycles. The lowest BCUT2D eigenvalue weighted by Crippen LogP contribution is -2.27. The van der Waals surface area contributed by atoms with E-state index in [0.29, 0.717) is 0 Å².